The van der Waals surface area contributed by atoms with Crippen molar-refractivity contribution < 1.29 is 18.7 Å². The van der Waals surface area contributed by atoms with Gasteiger partial charge in [-0.2, -0.15) is 0 Å². The Morgan fingerprint density at radius 2 is 2.15 bits per heavy atom. The van der Waals surface area contributed by atoms with Crippen LogP contribution in [0.2, 0.25) is 0 Å². The minimum Gasteiger partial charge on any atom is -0.468 e. The molecule has 6 heteroatoms. The molecule has 1 amide bonds. The fourth-order valence-electron chi connectivity index (χ4n) is 3.61. The van der Waals surface area contributed by atoms with Crippen molar-refractivity contribution in [1.29, 1.82) is 0 Å². The van der Waals surface area contributed by atoms with Crippen LogP contribution in [0.15, 0.2) is 41.0 Å². The zero-order valence-electron chi connectivity index (χ0n) is 14.8. The van der Waals surface area contributed by atoms with Gasteiger partial charge in [0, 0.05) is 13.1 Å². The second kappa shape index (κ2) is 7.83. The fraction of sp³-hybridized carbons (Fsp3) is 0.450. The first-order chi connectivity index (χ1) is 12.8. The topological polar surface area (TPSA) is 63.9 Å². The van der Waals surface area contributed by atoms with Crippen LogP contribution in [-0.4, -0.2) is 37.2 Å². The highest BCUT2D eigenvalue weighted by Crippen LogP contribution is 2.32. The van der Waals surface area contributed by atoms with Gasteiger partial charge in [0.2, 0.25) is 12.7 Å². The van der Waals surface area contributed by atoms with E-state index in [0.717, 1.165) is 61.7 Å². The summed E-state index contributed by atoms with van der Waals surface area (Å²) in [6.07, 6.45) is 4.47. The number of rotatable bonds is 6. The number of fused-ring (bicyclic) bond motifs is 1. The van der Waals surface area contributed by atoms with Crippen molar-refractivity contribution in [2.24, 2.45) is 5.92 Å². The summed E-state index contributed by atoms with van der Waals surface area (Å²) in [5.41, 5.74) is 1.14. The molecule has 4 rings (SSSR count). The molecule has 6 nitrogen and oxygen atoms in total. The number of nitrogens with one attached hydrogen (secondary N) is 1. The maximum atomic E-state index is 12.5. The van der Waals surface area contributed by atoms with Crippen molar-refractivity contribution in [3.8, 4) is 11.5 Å². The number of amides is 1. The quantitative estimate of drug-likeness (QED) is 0.862. The highest BCUT2D eigenvalue weighted by molar-refractivity contribution is 5.79. The fourth-order valence-corrected chi connectivity index (χ4v) is 3.61. The molecule has 0 radical (unpaired) electrons. The summed E-state index contributed by atoms with van der Waals surface area (Å²) < 4.78 is 16.1. The van der Waals surface area contributed by atoms with E-state index >= 15 is 0 Å². The van der Waals surface area contributed by atoms with Crippen molar-refractivity contribution in [3.05, 3.63) is 47.9 Å². The molecular weight excluding hydrogens is 332 g/mol. The van der Waals surface area contributed by atoms with Gasteiger partial charge in [0.25, 0.3) is 0 Å². The Bertz CT molecular complexity index is 744. The lowest BCUT2D eigenvalue weighted by Gasteiger charge is -2.31. The molecule has 1 N–H and O–H groups in total. The molecule has 0 bridgehead atoms. The smallest absolute Gasteiger partial charge is 0.231 e. The van der Waals surface area contributed by atoms with Gasteiger partial charge in [0.15, 0.2) is 11.5 Å². The van der Waals surface area contributed by atoms with Crippen molar-refractivity contribution in [3.63, 3.8) is 0 Å². The number of carbonyl (C=O) groups is 1. The van der Waals surface area contributed by atoms with Gasteiger partial charge < -0.3 is 19.2 Å². The number of carbonyl (C=O) groups excluding carboxylic acids is 1. The number of benzene rings is 1. The minimum absolute atomic E-state index is 0.0514. The molecule has 2 aliphatic rings. The summed E-state index contributed by atoms with van der Waals surface area (Å²) in [6, 6.07) is 9.81. The van der Waals surface area contributed by atoms with Gasteiger partial charge in [0.05, 0.1) is 18.7 Å². The molecule has 1 saturated heterocycles. The summed E-state index contributed by atoms with van der Waals surface area (Å²) in [6.45, 7) is 3.49. The Morgan fingerprint density at radius 3 is 3.04 bits per heavy atom. The lowest BCUT2D eigenvalue weighted by Crippen LogP contribution is -2.43. The van der Waals surface area contributed by atoms with E-state index in [1.54, 1.807) is 6.26 Å². The van der Waals surface area contributed by atoms with E-state index in [9.17, 15) is 4.79 Å². The van der Waals surface area contributed by atoms with E-state index in [2.05, 4.69) is 10.2 Å². The number of likely N-dealkylation sites (tertiary alicyclic amines) is 1. The third-order valence-electron chi connectivity index (χ3n) is 4.99. The predicted molar refractivity (Wildman–Crippen MR) is 96.0 cm³/mol. The number of piperidine rings is 1. The summed E-state index contributed by atoms with van der Waals surface area (Å²) in [7, 11) is 0. The zero-order chi connectivity index (χ0) is 17.8. The Balaban J connectivity index is 1.24. The summed E-state index contributed by atoms with van der Waals surface area (Å²) in [4.78, 5) is 14.8. The third kappa shape index (κ3) is 4.02. The second-order valence-corrected chi connectivity index (χ2v) is 6.88. The van der Waals surface area contributed by atoms with E-state index in [4.69, 9.17) is 13.9 Å². The molecule has 138 valence electrons. The van der Waals surface area contributed by atoms with Gasteiger partial charge in [0.1, 0.15) is 5.76 Å². The maximum absolute atomic E-state index is 12.5. The molecule has 2 aromatic rings. The molecule has 0 saturated carbocycles. The van der Waals surface area contributed by atoms with E-state index in [-0.39, 0.29) is 18.6 Å². The normalized spacial score (nSPS) is 19.5. The maximum Gasteiger partial charge on any atom is 0.231 e. The van der Waals surface area contributed by atoms with Crippen molar-refractivity contribution in [2.75, 3.05) is 26.4 Å². The first kappa shape index (κ1) is 17.0. The van der Waals surface area contributed by atoms with E-state index in [1.807, 2.05) is 30.3 Å². The molecule has 0 unspecified atom stereocenters. The Kier molecular flexibility index (Phi) is 5.11. The van der Waals surface area contributed by atoms with Crippen LogP contribution in [0.5, 0.6) is 11.5 Å². The number of ether oxygens (including phenoxy) is 2. The van der Waals surface area contributed by atoms with E-state index in [1.165, 1.54) is 0 Å². The number of hydrogen-bond acceptors (Lipinski definition) is 5. The number of furan rings is 1. The SMILES string of the molecule is O=C(NCCc1ccc2c(c1)OCO2)[C@H]1CCCN(Cc2ccco2)C1. The van der Waals surface area contributed by atoms with Crippen LogP contribution in [0.4, 0.5) is 0 Å². The third-order valence-corrected chi connectivity index (χ3v) is 4.99. The molecule has 26 heavy (non-hydrogen) atoms. The summed E-state index contributed by atoms with van der Waals surface area (Å²) >= 11 is 0. The van der Waals surface area contributed by atoms with Crippen LogP contribution in [-0.2, 0) is 17.8 Å². The standard InChI is InChI=1S/C20H24N2O4/c23-20(16-3-1-9-22(12-16)13-17-4-2-10-24-17)21-8-7-15-5-6-18-19(11-15)26-14-25-18/h2,4-6,10-11,16H,1,3,7-9,12-14H2,(H,21,23)/t16-/m0/s1. The molecule has 1 fully saturated rings. The lowest BCUT2D eigenvalue weighted by molar-refractivity contribution is -0.126. The van der Waals surface area contributed by atoms with E-state index < -0.39 is 0 Å². The molecule has 0 aliphatic carbocycles. The predicted octanol–water partition coefficient (Wildman–Crippen LogP) is 2.58. The highest BCUT2D eigenvalue weighted by Gasteiger charge is 2.26. The molecule has 0 spiro atoms. The first-order valence-electron chi connectivity index (χ1n) is 9.19. The van der Waals surface area contributed by atoms with Gasteiger partial charge in [-0.3, -0.25) is 9.69 Å². The van der Waals surface area contributed by atoms with Gasteiger partial charge in [-0.1, -0.05) is 6.07 Å². The van der Waals surface area contributed by atoms with Crippen molar-refractivity contribution in [2.45, 2.75) is 25.8 Å². The monoisotopic (exact) mass is 356 g/mol. The Morgan fingerprint density at radius 1 is 1.23 bits per heavy atom. The van der Waals surface area contributed by atoms with Gasteiger partial charge in [-0.15, -0.1) is 0 Å². The second-order valence-electron chi connectivity index (χ2n) is 6.88. The first-order valence-corrected chi connectivity index (χ1v) is 9.19. The minimum atomic E-state index is 0.0514. The zero-order valence-corrected chi connectivity index (χ0v) is 14.8. The summed E-state index contributed by atoms with van der Waals surface area (Å²) in [5, 5.41) is 3.09. The van der Waals surface area contributed by atoms with Crippen LogP contribution >= 0.6 is 0 Å². The van der Waals surface area contributed by atoms with Gasteiger partial charge in [-0.05, 0) is 55.6 Å². The largest absolute Gasteiger partial charge is 0.468 e. The molecule has 2 aliphatic heterocycles. The van der Waals surface area contributed by atoms with E-state index in [0.29, 0.717) is 6.54 Å². The average Bonchev–Trinajstić information content (AvgIpc) is 3.33. The molecule has 3 heterocycles. The van der Waals surface area contributed by atoms with Crippen molar-refractivity contribution >= 4 is 5.91 Å². The lowest BCUT2D eigenvalue weighted by atomic mass is 9.97. The van der Waals surface area contributed by atoms with Gasteiger partial charge in [-0.25, -0.2) is 0 Å². The number of hydrogen-bond donors (Lipinski definition) is 1. The Hall–Kier alpha value is -2.47. The number of nitrogens with zero attached hydrogens (tertiary/aromatic N) is 1. The molecular formula is C20H24N2O4. The van der Waals surface area contributed by atoms with Crippen LogP contribution in [0.3, 0.4) is 0 Å². The summed E-state index contributed by atoms with van der Waals surface area (Å²) in [5.74, 6) is 2.73. The van der Waals surface area contributed by atoms with Crippen LogP contribution in [0.25, 0.3) is 0 Å². The highest BCUT2D eigenvalue weighted by atomic mass is 16.7. The van der Waals surface area contributed by atoms with Crippen LogP contribution in [0.1, 0.15) is 24.2 Å². The molecule has 1 aromatic carbocycles. The van der Waals surface area contributed by atoms with Gasteiger partial charge >= 0.3 is 0 Å². The Labute approximate surface area is 153 Å². The molecule has 1 atom stereocenters. The molecule has 1 aromatic heterocycles. The van der Waals surface area contributed by atoms with Crippen LogP contribution < -0.4 is 14.8 Å². The van der Waals surface area contributed by atoms with Crippen molar-refractivity contribution in [1.82, 2.24) is 10.2 Å². The average molecular weight is 356 g/mol. The van der Waals surface area contributed by atoms with Crippen LogP contribution in [0, 0.1) is 5.92 Å².